The third-order valence-electron chi connectivity index (χ3n) is 3.71. The van der Waals surface area contributed by atoms with E-state index < -0.39 is 10.9 Å². The fourth-order valence-corrected chi connectivity index (χ4v) is 2.82. The van der Waals surface area contributed by atoms with Crippen LogP contribution >= 0.6 is 22.6 Å². The zero-order chi connectivity index (χ0) is 20.3. The maximum Gasteiger partial charge on any atom is 0.338 e. The minimum absolute atomic E-state index is 0.0844. The van der Waals surface area contributed by atoms with Gasteiger partial charge in [-0.3, -0.25) is 10.1 Å². The maximum atomic E-state index is 12.1. The van der Waals surface area contributed by atoms with E-state index in [1.807, 2.05) is 22.6 Å². The van der Waals surface area contributed by atoms with Crippen molar-refractivity contribution < 1.29 is 14.5 Å². The lowest BCUT2D eigenvalue weighted by Crippen LogP contribution is -2.10. The monoisotopic (exact) mass is 495 g/mol. The van der Waals surface area contributed by atoms with Gasteiger partial charge >= 0.3 is 5.97 Å². The number of esters is 1. The first kappa shape index (κ1) is 19.6. The summed E-state index contributed by atoms with van der Waals surface area (Å²) in [5.74, 6) is 0.242. The highest BCUT2D eigenvalue weighted by Gasteiger charge is 2.16. The zero-order valence-electron chi connectivity index (χ0n) is 14.6. The van der Waals surface area contributed by atoms with Gasteiger partial charge in [0.05, 0.1) is 17.0 Å². The van der Waals surface area contributed by atoms with E-state index in [1.54, 1.807) is 17.8 Å². The topological polar surface area (TPSA) is 152 Å². The SMILES string of the molecule is Cc1ncc(Cn2nnc(COC(=O)c3cccc([N+](=O)[O-])c3)c2I)c(N)n1. The standard InChI is InChI=1S/C16H14IN7O4/c1-9-19-6-11(15(18)20-9)7-23-14(17)13(21-22-23)8-28-16(25)10-3-2-4-12(5-10)24(26)27/h2-6H,7-8H2,1H3,(H2,18,19,20). The molecule has 12 heteroatoms. The van der Waals surface area contributed by atoms with Crippen LogP contribution in [0.5, 0.6) is 0 Å². The third-order valence-corrected chi connectivity index (χ3v) is 4.89. The van der Waals surface area contributed by atoms with Crippen molar-refractivity contribution in [2.24, 2.45) is 0 Å². The van der Waals surface area contributed by atoms with E-state index in [-0.39, 0.29) is 17.9 Å². The Morgan fingerprint density at radius 3 is 2.93 bits per heavy atom. The predicted octanol–water partition coefficient (Wildman–Crippen LogP) is 1.88. The van der Waals surface area contributed by atoms with Crippen molar-refractivity contribution in [3.63, 3.8) is 0 Å². The Kier molecular flexibility index (Phi) is 5.77. The number of nitro benzene ring substituents is 1. The number of nitrogens with two attached hydrogens (primary N) is 1. The second kappa shape index (κ2) is 8.24. The van der Waals surface area contributed by atoms with Gasteiger partial charge in [-0.2, -0.15) is 0 Å². The molecule has 0 unspecified atom stereocenters. The Morgan fingerprint density at radius 1 is 1.43 bits per heavy atom. The van der Waals surface area contributed by atoms with Crippen LogP contribution in [-0.4, -0.2) is 35.9 Å². The smallest absolute Gasteiger partial charge is 0.338 e. The normalized spacial score (nSPS) is 10.6. The number of non-ortho nitro benzene ring substituents is 1. The molecule has 0 saturated heterocycles. The van der Waals surface area contributed by atoms with Crippen LogP contribution in [0.25, 0.3) is 0 Å². The highest BCUT2D eigenvalue weighted by Crippen LogP contribution is 2.17. The fourth-order valence-electron chi connectivity index (χ4n) is 2.29. The number of anilines is 1. The van der Waals surface area contributed by atoms with E-state index in [9.17, 15) is 14.9 Å². The lowest BCUT2D eigenvalue weighted by molar-refractivity contribution is -0.384. The van der Waals surface area contributed by atoms with Crippen molar-refractivity contribution in [2.75, 3.05) is 5.73 Å². The molecular formula is C16H14IN7O4. The molecule has 0 spiro atoms. The highest BCUT2D eigenvalue weighted by atomic mass is 127. The van der Waals surface area contributed by atoms with Crippen LogP contribution in [0.4, 0.5) is 11.5 Å². The van der Waals surface area contributed by atoms with Crippen LogP contribution in [0.1, 0.15) is 27.4 Å². The Bertz CT molecular complexity index is 1050. The minimum Gasteiger partial charge on any atom is -0.455 e. The van der Waals surface area contributed by atoms with Gasteiger partial charge in [-0.05, 0) is 35.6 Å². The zero-order valence-corrected chi connectivity index (χ0v) is 16.7. The van der Waals surface area contributed by atoms with Crippen molar-refractivity contribution >= 4 is 40.1 Å². The Morgan fingerprint density at radius 2 is 2.21 bits per heavy atom. The lowest BCUT2D eigenvalue weighted by atomic mass is 10.2. The summed E-state index contributed by atoms with van der Waals surface area (Å²) in [5, 5.41) is 18.8. The van der Waals surface area contributed by atoms with Gasteiger partial charge in [0.25, 0.3) is 5.69 Å². The molecule has 0 atom stereocenters. The molecule has 0 amide bonds. The number of benzene rings is 1. The van der Waals surface area contributed by atoms with Crippen molar-refractivity contribution in [3.8, 4) is 0 Å². The molecule has 1 aromatic carbocycles. The van der Waals surface area contributed by atoms with Gasteiger partial charge in [-0.25, -0.2) is 19.4 Å². The van der Waals surface area contributed by atoms with Crippen LogP contribution in [0.2, 0.25) is 0 Å². The molecule has 0 bridgehead atoms. The molecule has 0 aliphatic rings. The number of carbonyl (C=O) groups excluding carboxylic acids is 1. The Balaban J connectivity index is 1.68. The van der Waals surface area contributed by atoms with Crippen molar-refractivity contribution in [1.29, 1.82) is 0 Å². The highest BCUT2D eigenvalue weighted by molar-refractivity contribution is 14.1. The fraction of sp³-hybridized carbons (Fsp3) is 0.188. The van der Waals surface area contributed by atoms with Gasteiger partial charge in [-0.1, -0.05) is 11.3 Å². The number of nitro groups is 1. The van der Waals surface area contributed by atoms with Crippen LogP contribution < -0.4 is 5.73 Å². The number of hydrogen-bond donors (Lipinski definition) is 1. The summed E-state index contributed by atoms with van der Waals surface area (Å²) in [5.41, 5.74) is 6.93. The maximum absolute atomic E-state index is 12.1. The molecule has 3 rings (SSSR count). The van der Waals surface area contributed by atoms with Gasteiger partial charge in [0.15, 0.2) is 0 Å². The number of nitrogen functional groups attached to an aromatic ring is 1. The quantitative estimate of drug-likeness (QED) is 0.234. The van der Waals surface area contributed by atoms with E-state index in [0.717, 1.165) is 6.07 Å². The number of hydrogen-bond acceptors (Lipinski definition) is 9. The van der Waals surface area contributed by atoms with Crippen molar-refractivity contribution in [3.05, 3.63) is 66.9 Å². The number of rotatable bonds is 6. The van der Waals surface area contributed by atoms with E-state index in [0.29, 0.717) is 33.1 Å². The number of nitrogens with zero attached hydrogens (tertiary/aromatic N) is 6. The summed E-state index contributed by atoms with van der Waals surface area (Å²) >= 11 is 2.03. The molecule has 0 saturated carbocycles. The first-order valence-corrected chi connectivity index (χ1v) is 9.00. The number of ether oxygens (including phenoxy) is 1. The van der Waals surface area contributed by atoms with E-state index in [4.69, 9.17) is 10.5 Å². The van der Waals surface area contributed by atoms with Gasteiger partial charge < -0.3 is 10.5 Å². The molecule has 0 radical (unpaired) electrons. The summed E-state index contributed by atoms with van der Waals surface area (Å²) in [6.45, 7) is 1.93. The summed E-state index contributed by atoms with van der Waals surface area (Å²) in [6.07, 6.45) is 1.62. The van der Waals surface area contributed by atoms with Crippen LogP contribution in [0.15, 0.2) is 30.5 Å². The van der Waals surface area contributed by atoms with Crippen LogP contribution in [0, 0.1) is 20.7 Å². The first-order valence-electron chi connectivity index (χ1n) is 7.92. The first-order chi connectivity index (χ1) is 13.3. The minimum atomic E-state index is -0.690. The van der Waals surface area contributed by atoms with Gasteiger partial charge in [0.1, 0.15) is 27.6 Å². The molecule has 2 heterocycles. The molecule has 0 aliphatic carbocycles. The molecule has 11 nitrogen and oxygen atoms in total. The molecule has 0 fully saturated rings. The molecule has 144 valence electrons. The lowest BCUT2D eigenvalue weighted by Gasteiger charge is -2.06. The van der Waals surface area contributed by atoms with E-state index >= 15 is 0 Å². The van der Waals surface area contributed by atoms with Gasteiger partial charge in [-0.15, -0.1) is 5.10 Å². The predicted molar refractivity (Wildman–Crippen MR) is 105 cm³/mol. The number of halogens is 1. The number of aromatic nitrogens is 5. The second-order valence-corrected chi connectivity index (χ2v) is 6.72. The van der Waals surface area contributed by atoms with Crippen LogP contribution in [0.3, 0.4) is 0 Å². The second-order valence-electron chi connectivity index (χ2n) is 5.70. The average molecular weight is 495 g/mol. The molecule has 28 heavy (non-hydrogen) atoms. The van der Waals surface area contributed by atoms with Gasteiger partial charge in [0.2, 0.25) is 0 Å². The molecule has 2 aromatic heterocycles. The summed E-state index contributed by atoms with van der Waals surface area (Å²) in [7, 11) is 0. The van der Waals surface area contributed by atoms with Crippen molar-refractivity contribution in [1.82, 2.24) is 25.0 Å². The van der Waals surface area contributed by atoms with Crippen LogP contribution in [-0.2, 0) is 17.9 Å². The summed E-state index contributed by atoms with van der Waals surface area (Å²) in [6, 6.07) is 5.32. The largest absolute Gasteiger partial charge is 0.455 e. The van der Waals surface area contributed by atoms with E-state index in [1.165, 1.54) is 18.2 Å². The molecule has 2 N–H and O–H groups in total. The Hall–Kier alpha value is -3.16. The molecule has 0 aliphatic heterocycles. The van der Waals surface area contributed by atoms with Crippen molar-refractivity contribution in [2.45, 2.75) is 20.1 Å². The number of carbonyl (C=O) groups is 1. The summed E-state index contributed by atoms with van der Waals surface area (Å²) in [4.78, 5) is 30.6. The number of aryl methyl sites for hydroxylation is 1. The molecular weight excluding hydrogens is 481 g/mol. The summed E-state index contributed by atoms with van der Waals surface area (Å²) < 4.78 is 7.44. The van der Waals surface area contributed by atoms with Gasteiger partial charge in [0, 0.05) is 23.9 Å². The third kappa shape index (κ3) is 4.39. The Labute approximate surface area is 172 Å². The molecule has 3 aromatic rings. The average Bonchev–Trinajstić information content (AvgIpc) is 3.01. The van der Waals surface area contributed by atoms with E-state index in [2.05, 4.69) is 20.3 Å².